The second-order valence-corrected chi connectivity index (χ2v) is 9.54. The second kappa shape index (κ2) is 10.6. The molecule has 0 spiro atoms. The van der Waals surface area contributed by atoms with Crippen LogP contribution in [-0.4, -0.2) is 30.1 Å². The van der Waals surface area contributed by atoms with Crippen molar-refractivity contribution < 1.29 is 32.0 Å². The zero-order valence-corrected chi connectivity index (χ0v) is 19.9. The summed E-state index contributed by atoms with van der Waals surface area (Å²) in [6.07, 6.45) is -0.675. The van der Waals surface area contributed by atoms with E-state index in [1.54, 1.807) is 17.8 Å². The molecule has 0 aliphatic carbocycles. The Labute approximate surface area is 205 Å². The van der Waals surface area contributed by atoms with E-state index in [2.05, 4.69) is 18.2 Å². The van der Waals surface area contributed by atoms with Gasteiger partial charge in [0.1, 0.15) is 18.6 Å². The molecule has 4 rings (SSSR count). The van der Waals surface area contributed by atoms with Crippen LogP contribution in [0.25, 0.3) is 4.91 Å². The molecule has 3 aromatic rings. The van der Waals surface area contributed by atoms with E-state index >= 15 is 0 Å². The Morgan fingerprint density at radius 2 is 1.83 bits per heavy atom. The maximum Gasteiger partial charge on any atom is 0.416 e. The first-order valence-electron chi connectivity index (χ1n) is 11.0. The lowest BCUT2D eigenvalue weighted by molar-refractivity contribution is -0.141. The monoisotopic (exact) mass is 503 g/mol. The highest BCUT2D eigenvalue weighted by Gasteiger charge is 2.31. The zero-order chi connectivity index (χ0) is 25.0. The molecule has 0 amide bonds. The first-order valence-corrected chi connectivity index (χ1v) is 11.9. The molecule has 1 aliphatic heterocycles. The quantitative estimate of drug-likeness (QED) is 0.325. The van der Waals surface area contributed by atoms with Crippen molar-refractivity contribution in [3.05, 3.63) is 89.3 Å². The lowest BCUT2D eigenvalue weighted by Crippen LogP contribution is -2.18. The number of carbonyl (C=O) groups excluding carboxylic acids is 1. The Hall–Kier alpha value is -3.20. The summed E-state index contributed by atoms with van der Waals surface area (Å²) >= 11 is 1.60. The van der Waals surface area contributed by atoms with E-state index < -0.39 is 11.7 Å². The van der Waals surface area contributed by atoms with Crippen molar-refractivity contribution in [3.63, 3.8) is 0 Å². The van der Waals surface area contributed by atoms with E-state index in [0.717, 1.165) is 28.2 Å². The number of alkyl halides is 3. The van der Waals surface area contributed by atoms with Gasteiger partial charge in [0.2, 0.25) is 0 Å². The standard InChI is InChI=1S/C26H24F3NO4S/c1-16-13-23(18-3-7-19(8-4-18)26(27,28)29)35-24(16)15-33-20-9-5-17(6-10-20)21(14-25(31)32-2)22-11-12-34-30-22/h3-13,16,21,24H,14-15H2,1-2H3/t16?,21-,24?/m0/s1. The lowest BCUT2D eigenvalue weighted by atomic mass is 9.92. The molecule has 3 atom stereocenters. The Balaban J connectivity index is 1.36. The highest BCUT2D eigenvalue weighted by atomic mass is 32.2. The van der Waals surface area contributed by atoms with Gasteiger partial charge < -0.3 is 14.0 Å². The SMILES string of the molecule is COC(=O)C[C@@H](c1ccc(OCC2SC(c3ccc(C(F)(F)F)cc3)=CC2C)cc1)c1ccon1. The molecule has 0 saturated heterocycles. The van der Waals surface area contributed by atoms with E-state index in [9.17, 15) is 18.0 Å². The zero-order valence-electron chi connectivity index (χ0n) is 19.1. The summed E-state index contributed by atoms with van der Waals surface area (Å²) in [5, 5.41) is 4.10. The minimum Gasteiger partial charge on any atom is -0.492 e. The number of allylic oxidation sites excluding steroid dienone is 1. The molecule has 0 N–H and O–H groups in total. The predicted octanol–water partition coefficient (Wildman–Crippen LogP) is 6.56. The Kier molecular flexibility index (Phi) is 7.54. The van der Waals surface area contributed by atoms with Crippen LogP contribution in [0.3, 0.4) is 0 Å². The number of thioether (sulfide) groups is 1. The maximum atomic E-state index is 12.8. The van der Waals surface area contributed by atoms with Crippen LogP contribution in [0.1, 0.15) is 41.6 Å². The van der Waals surface area contributed by atoms with Crippen molar-refractivity contribution in [1.82, 2.24) is 5.16 Å². The van der Waals surface area contributed by atoms with Crippen LogP contribution < -0.4 is 4.74 Å². The molecular formula is C26H24F3NO4S. The van der Waals surface area contributed by atoms with Crippen molar-refractivity contribution >= 4 is 22.6 Å². The number of halogens is 3. The minimum absolute atomic E-state index is 0.133. The van der Waals surface area contributed by atoms with Gasteiger partial charge in [-0.3, -0.25) is 4.79 Å². The van der Waals surface area contributed by atoms with Gasteiger partial charge in [0.05, 0.1) is 24.8 Å². The first-order chi connectivity index (χ1) is 16.7. The van der Waals surface area contributed by atoms with Gasteiger partial charge in [-0.05, 0) is 41.3 Å². The van der Waals surface area contributed by atoms with Crippen molar-refractivity contribution in [3.8, 4) is 5.75 Å². The average Bonchev–Trinajstić information content (AvgIpc) is 3.51. The third-order valence-corrected chi connectivity index (χ3v) is 7.38. The molecule has 0 fully saturated rings. The van der Waals surface area contributed by atoms with Gasteiger partial charge in [-0.25, -0.2) is 0 Å². The first kappa shape index (κ1) is 24.9. The fraction of sp³-hybridized carbons (Fsp3) is 0.308. The van der Waals surface area contributed by atoms with E-state index in [1.165, 1.54) is 25.5 Å². The van der Waals surface area contributed by atoms with Crippen LogP contribution >= 0.6 is 11.8 Å². The van der Waals surface area contributed by atoms with Gasteiger partial charge in [0.15, 0.2) is 0 Å². The highest BCUT2D eigenvalue weighted by molar-refractivity contribution is 8.09. The summed E-state index contributed by atoms with van der Waals surface area (Å²) in [7, 11) is 1.35. The number of nitrogens with zero attached hydrogens (tertiary/aromatic N) is 1. The molecule has 1 aliphatic rings. The number of esters is 1. The molecule has 2 heterocycles. The fourth-order valence-corrected chi connectivity index (χ4v) is 5.17. The summed E-state index contributed by atoms with van der Waals surface area (Å²) in [5.41, 5.74) is 1.64. The number of benzene rings is 2. The summed E-state index contributed by atoms with van der Waals surface area (Å²) in [4.78, 5) is 12.8. The van der Waals surface area contributed by atoms with Crippen molar-refractivity contribution in [1.29, 1.82) is 0 Å². The molecule has 184 valence electrons. The third-order valence-electron chi connectivity index (χ3n) is 5.89. The summed E-state index contributed by atoms with van der Waals surface area (Å²) < 4.78 is 54.3. The van der Waals surface area contributed by atoms with Crippen molar-refractivity contribution in [2.75, 3.05) is 13.7 Å². The molecule has 1 aromatic heterocycles. The molecule has 0 bridgehead atoms. The van der Waals surface area contributed by atoms with Crippen molar-refractivity contribution in [2.24, 2.45) is 5.92 Å². The topological polar surface area (TPSA) is 61.6 Å². The smallest absolute Gasteiger partial charge is 0.416 e. The van der Waals surface area contributed by atoms with Gasteiger partial charge in [-0.1, -0.05) is 42.4 Å². The van der Waals surface area contributed by atoms with E-state index in [1.807, 2.05) is 24.3 Å². The summed E-state index contributed by atoms with van der Waals surface area (Å²) in [5.74, 6) is 0.243. The minimum atomic E-state index is -4.34. The van der Waals surface area contributed by atoms with Crippen LogP contribution in [-0.2, 0) is 15.7 Å². The van der Waals surface area contributed by atoms with Gasteiger partial charge in [-0.2, -0.15) is 13.2 Å². The summed E-state index contributed by atoms with van der Waals surface area (Å²) in [6, 6.07) is 14.4. The van der Waals surface area contributed by atoms with Crippen molar-refractivity contribution in [2.45, 2.75) is 30.7 Å². The predicted molar refractivity (Wildman–Crippen MR) is 127 cm³/mol. The lowest BCUT2D eigenvalue weighted by Gasteiger charge is -2.17. The molecule has 2 aromatic carbocycles. The number of hydrogen-bond donors (Lipinski definition) is 0. The van der Waals surface area contributed by atoms with Crippen LogP contribution in [0.4, 0.5) is 13.2 Å². The van der Waals surface area contributed by atoms with Gasteiger partial charge in [-0.15, -0.1) is 11.8 Å². The number of carbonyl (C=O) groups is 1. The number of ether oxygens (including phenoxy) is 2. The van der Waals surface area contributed by atoms with Crippen LogP contribution in [0.5, 0.6) is 5.75 Å². The van der Waals surface area contributed by atoms with Crippen LogP contribution in [0.15, 0.2) is 71.5 Å². The van der Waals surface area contributed by atoms with Gasteiger partial charge >= 0.3 is 12.1 Å². The molecule has 5 nitrogen and oxygen atoms in total. The molecular weight excluding hydrogens is 479 g/mol. The number of rotatable bonds is 8. The Morgan fingerprint density at radius 1 is 1.11 bits per heavy atom. The molecule has 0 radical (unpaired) electrons. The Morgan fingerprint density at radius 3 is 2.43 bits per heavy atom. The molecule has 2 unspecified atom stereocenters. The number of methoxy groups -OCH3 is 1. The normalized spacial score (nSPS) is 18.7. The van der Waals surface area contributed by atoms with Gasteiger partial charge in [0.25, 0.3) is 0 Å². The molecule has 9 heteroatoms. The second-order valence-electron chi connectivity index (χ2n) is 8.26. The van der Waals surface area contributed by atoms with Crippen LogP contribution in [0.2, 0.25) is 0 Å². The van der Waals surface area contributed by atoms with Gasteiger partial charge in [0, 0.05) is 22.1 Å². The number of aromatic nitrogens is 1. The Bertz CT molecular complexity index is 1160. The highest BCUT2D eigenvalue weighted by Crippen LogP contribution is 2.43. The average molecular weight is 504 g/mol. The van der Waals surface area contributed by atoms with E-state index in [4.69, 9.17) is 14.0 Å². The molecule has 0 saturated carbocycles. The fourth-order valence-electron chi connectivity index (χ4n) is 3.85. The van der Waals surface area contributed by atoms with Crippen LogP contribution in [0, 0.1) is 5.92 Å². The molecule has 35 heavy (non-hydrogen) atoms. The third kappa shape index (κ3) is 6.08. The summed E-state index contributed by atoms with van der Waals surface area (Å²) in [6.45, 7) is 2.51. The van der Waals surface area contributed by atoms with E-state index in [0.29, 0.717) is 18.1 Å². The maximum absolute atomic E-state index is 12.8. The number of hydrogen-bond acceptors (Lipinski definition) is 6. The van der Waals surface area contributed by atoms with E-state index in [-0.39, 0.29) is 29.5 Å². The largest absolute Gasteiger partial charge is 0.492 e.